The summed E-state index contributed by atoms with van der Waals surface area (Å²) in [4.78, 5) is 23.6. The van der Waals surface area contributed by atoms with Crippen LogP contribution >= 0.6 is 0 Å². The molecule has 5 rings (SSSR count). The number of nitrogens with zero attached hydrogens (tertiary/aromatic N) is 5. The van der Waals surface area contributed by atoms with Gasteiger partial charge in [-0.25, -0.2) is 18.4 Å². The zero-order valence-corrected chi connectivity index (χ0v) is 17.1. The minimum Gasteiger partial charge on any atom is -0.336 e. The maximum absolute atomic E-state index is 13.4. The van der Waals surface area contributed by atoms with Gasteiger partial charge in [0.15, 0.2) is 11.6 Å². The highest BCUT2D eigenvalue weighted by Gasteiger charge is 2.23. The Morgan fingerprint density at radius 1 is 0.906 bits per heavy atom. The van der Waals surface area contributed by atoms with Gasteiger partial charge in [0.05, 0.1) is 0 Å². The van der Waals surface area contributed by atoms with E-state index in [1.807, 2.05) is 6.07 Å². The van der Waals surface area contributed by atoms with E-state index in [9.17, 15) is 13.6 Å². The fraction of sp³-hybridized carbons (Fsp3) is 0.167. The van der Waals surface area contributed by atoms with Crippen LogP contribution in [0.3, 0.4) is 0 Å². The van der Waals surface area contributed by atoms with Crippen LogP contribution in [-0.2, 0) is 24.3 Å². The van der Waals surface area contributed by atoms with E-state index in [1.54, 1.807) is 41.6 Å². The molecule has 1 aliphatic rings. The minimum atomic E-state index is -0.366. The molecule has 0 saturated carbocycles. The van der Waals surface area contributed by atoms with Crippen LogP contribution in [0.5, 0.6) is 0 Å². The number of benzene rings is 2. The highest BCUT2D eigenvalue weighted by atomic mass is 19.1. The number of pyridine rings is 1. The molecule has 0 atom stereocenters. The molecule has 0 N–H and O–H groups in total. The lowest BCUT2D eigenvalue weighted by Crippen LogP contribution is -2.38. The molecule has 0 unspecified atom stereocenters. The van der Waals surface area contributed by atoms with Gasteiger partial charge in [-0.1, -0.05) is 0 Å². The second-order valence-corrected chi connectivity index (χ2v) is 7.64. The van der Waals surface area contributed by atoms with Gasteiger partial charge in [-0.3, -0.25) is 9.78 Å². The van der Waals surface area contributed by atoms with E-state index in [0.29, 0.717) is 35.9 Å². The van der Waals surface area contributed by atoms with Gasteiger partial charge in [-0.05, 0) is 72.1 Å². The molecule has 1 amide bonds. The lowest BCUT2D eigenvalue weighted by Gasteiger charge is -2.28. The van der Waals surface area contributed by atoms with Crippen LogP contribution in [0.4, 0.5) is 8.78 Å². The molecule has 0 aliphatic carbocycles. The van der Waals surface area contributed by atoms with Crippen LogP contribution in [0.1, 0.15) is 11.1 Å². The number of hydrogen-bond acceptors (Lipinski definition) is 4. The van der Waals surface area contributed by atoms with Crippen molar-refractivity contribution in [2.75, 3.05) is 6.54 Å². The molecule has 0 spiro atoms. The quantitative estimate of drug-likeness (QED) is 0.492. The number of halogens is 2. The molecule has 0 bridgehead atoms. The molecule has 0 saturated heterocycles. The zero-order chi connectivity index (χ0) is 22.1. The van der Waals surface area contributed by atoms with Crippen molar-refractivity contribution in [3.05, 3.63) is 89.8 Å². The van der Waals surface area contributed by atoms with Crippen molar-refractivity contribution in [2.24, 2.45) is 0 Å². The normalized spacial score (nSPS) is 13.1. The highest BCUT2D eigenvalue weighted by Crippen LogP contribution is 2.24. The van der Waals surface area contributed by atoms with Crippen molar-refractivity contribution in [1.29, 1.82) is 0 Å². The maximum atomic E-state index is 13.4. The number of carbonyl (C=O) groups excluding carboxylic acids is 1. The third kappa shape index (κ3) is 3.99. The first-order chi connectivity index (χ1) is 15.6. The SMILES string of the molecule is O=C(Cn1nc(-c2ccc(F)cc2)nc1-c1ccc(F)cc1)N1CCc2ccncc2C1. The van der Waals surface area contributed by atoms with E-state index < -0.39 is 0 Å². The van der Waals surface area contributed by atoms with Crippen molar-refractivity contribution in [1.82, 2.24) is 24.6 Å². The number of rotatable bonds is 4. The van der Waals surface area contributed by atoms with E-state index in [1.165, 1.54) is 34.5 Å². The van der Waals surface area contributed by atoms with Crippen LogP contribution < -0.4 is 0 Å². The molecule has 0 fully saturated rings. The summed E-state index contributed by atoms with van der Waals surface area (Å²) in [5, 5.41) is 4.52. The van der Waals surface area contributed by atoms with Crippen LogP contribution in [-0.4, -0.2) is 37.1 Å². The summed E-state index contributed by atoms with van der Waals surface area (Å²) in [6.45, 7) is 1.09. The first kappa shape index (κ1) is 20.0. The first-order valence-electron chi connectivity index (χ1n) is 10.2. The van der Waals surface area contributed by atoms with Gasteiger partial charge in [-0.15, -0.1) is 5.10 Å². The molecule has 160 valence electrons. The molecule has 8 heteroatoms. The van der Waals surface area contributed by atoms with Gasteiger partial charge in [0.25, 0.3) is 0 Å². The smallest absolute Gasteiger partial charge is 0.244 e. The molecule has 6 nitrogen and oxygen atoms in total. The van der Waals surface area contributed by atoms with Gasteiger partial charge in [0, 0.05) is 36.6 Å². The molecule has 2 aromatic carbocycles. The molecule has 1 aliphatic heterocycles. The van der Waals surface area contributed by atoms with Crippen LogP contribution in [0.25, 0.3) is 22.8 Å². The second kappa shape index (κ2) is 8.30. The Bertz CT molecular complexity index is 1270. The Labute approximate surface area is 183 Å². The molecule has 32 heavy (non-hydrogen) atoms. The van der Waals surface area contributed by atoms with Gasteiger partial charge in [-0.2, -0.15) is 0 Å². The summed E-state index contributed by atoms with van der Waals surface area (Å²) < 4.78 is 28.3. The maximum Gasteiger partial charge on any atom is 0.244 e. The van der Waals surface area contributed by atoms with E-state index in [-0.39, 0.29) is 24.1 Å². The van der Waals surface area contributed by atoms with E-state index in [4.69, 9.17) is 0 Å². The molecule has 0 radical (unpaired) electrons. The van der Waals surface area contributed by atoms with Crippen molar-refractivity contribution in [3.8, 4) is 22.8 Å². The standard InChI is InChI=1S/C24H19F2N5O/c25-20-5-1-17(2-6-20)23-28-24(18-3-7-21(26)8-4-18)31(29-23)15-22(32)30-12-10-16-9-11-27-13-19(16)14-30/h1-9,11,13H,10,12,14-15H2. The predicted molar refractivity (Wildman–Crippen MR) is 114 cm³/mol. The molecular weight excluding hydrogens is 412 g/mol. The monoisotopic (exact) mass is 431 g/mol. The number of hydrogen-bond donors (Lipinski definition) is 0. The minimum absolute atomic E-state index is 0.0174. The lowest BCUT2D eigenvalue weighted by atomic mass is 10.0. The van der Waals surface area contributed by atoms with Gasteiger partial charge < -0.3 is 4.90 Å². The Kier molecular flexibility index (Phi) is 5.18. The van der Waals surface area contributed by atoms with E-state index >= 15 is 0 Å². The van der Waals surface area contributed by atoms with Crippen LogP contribution in [0.2, 0.25) is 0 Å². The van der Waals surface area contributed by atoms with Gasteiger partial charge in [0.1, 0.15) is 18.2 Å². The predicted octanol–water partition coefficient (Wildman–Crippen LogP) is 3.87. The number of carbonyl (C=O) groups is 1. The Hall–Kier alpha value is -3.94. The summed E-state index contributed by atoms with van der Waals surface area (Å²) in [7, 11) is 0. The molecule has 4 aromatic rings. The number of aromatic nitrogens is 4. The van der Waals surface area contributed by atoms with Gasteiger partial charge >= 0.3 is 0 Å². The first-order valence-corrected chi connectivity index (χ1v) is 10.2. The number of fused-ring (bicyclic) bond motifs is 1. The van der Waals surface area contributed by atoms with Crippen LogP contribution in [0, 0.1) is 11.6 Å². The van der Waals surface area contributed by atoms with E-state index in [2.05, 4.69) is 15.1 Å². The Balaban J connectivity index is 1.46. The van der Waals surface area contributed by atoms with E-state index in [0.717, 1.165) is 12.0 Å². The average Bonchev–Trinajstić information content (AvgIpc) is 3.23. The van der Waals surface area contributed by atoms with Crippen molar-refractivity contribution in [3.63, 3.8) is 0 Å². The Morgan fingerprint density at radius 2 is 1.59 bits per heavy atom. The summed E-state index contributed by atoms with van der Waals surface area (Å²) in [5.74, 6) is -0.0160. The molecule has 3 heterocycles. The fourth-order valence-corrected chi connectivity index (χ4v) is 3.81. The largest absolute Gasteiger partial charge is 0.336 e. The summed E-state index contributed by atoms with van der Waals surface area (Å²) >= 11 is 0. The molecular formula is C24H19F2N5O. The van der Waals surface area contributed by atoms with Crippen LogP contribution in [0.15, 0.2) is 67.0 Å². The summed E-state index contributed by atoms with van der Waals surface area (Å²) in [6, 6.07) is 13.7. The third-order valence-corrected chi connectivity index (χ3v) is 5.53. The molecule has 2 aromatic heterocycles. The summed E-state index contributed by atoms with van der Waals surface area (Å²) in [5.41, 5.74) is 3.50. The lowest BCUT2D eigenvalue weighted by molar-refractivity contribution is -0.132. The van der Waals surface area contributed by atoms with Gasteiger partial charge in [0.2, 0.25) is 5.91 Å². The second-order valence-electron chi connectivity index (χ2n) is 7.64. The average molecular weight is 431 g/mol. The Morgan fingerprint density at radius 3 is 2.31 bits per heavy atom. The van der Waals surface area contributed by atoms with Crippen molar-refractivity contribution >= 4 is 5.91 Å². The third-order valence-electron chi connectivity index (χ3n) is 5.53. The zero-order valence-electron chi connectivity index (χ0n) is 17.1. The van der Waals surface area contributed by atoms with Crippen molar-refractivity contribution in [2.45, 2.75) is 19.5 Å². The summed E-state index contributed by atoms with van der Waals surface area (Å²) in [6.07, 6.45) is 4.32. The topological polar surface area (TPSA) is 63.9 Å². The van der Waals surface area contributed by atoms with Crippen molar-refractivity contribution < 1.29 is 13.6 Å². The number of amides is 1. The fourth-order valence-electron chi connectivity index (χ4n) is 3.81. The highest BCUT2D eigenvalue weighted by molar-refractivity contribution is 5.77.